The summed E-state index contributed by atoms with van der Waals surface area (Å²) < 4.78 is 140. The Balaban J connectivity index is 1.30. The molecule has 1 atom stereocenters. The van der Waals surface area contributed by atoms with E-state index in [1.54, 1.807) is 12.1 Å². The maximum absolute atomic E-state index is 14.1. The molecule has 0 spiro atoms. The molecule has 2 aromatic carbocycles. The third kappa shape index (κ3) is 9.02. The molecule has 4 rings (SSSR count). The van der Waals surface area contributed by atoms with Crippen LogP contribution in [0.2, 0.25) is 0 Å². The summed E-state index contributed by atoms with van der Waals surface area (Å²) in [6.45, 7) is 0.955. The highest BCUT2D eigenvalue weighted by Gasteiger charge is 2.51. The van der Waals surface area contributed by atoms with Crippen LogP contribution in [-0.4, -0.2) is 89.9 Å². The van der Waals surface area contributed by atoms with Gasteiger partial charge in [0.25, 0.3) is 0 Å². The van der Waals surface area contributed by atoms with Gasteiger partial charge in [0, 0.05) is 31.3 Å². The minimum absolute atomic E-state index is 0.120. The molecule has 2 aliphatic heterocycles. The van der Waals surface area contributed by atoms with Crippen LogP contribution in [-0.2, 0) is 29.7 Å². The highest BCUT2D eigenvalue weighted by atomic mass is 32.2. The van der Waals surface area contributed by atoms with Gasteiger partial charge in [0.15, 0.2) is 19.7 Å². The highest BCUT2D eigenvalue weighted by Crippen LogP contribution is 2.33. The highest BCUT2D eigenvalue weighted by molar-refractivity contribution is 7.92. The molecular weight excluding hydrogens is 664 g/mol. The van der Waals surface area contributed by atoms with Gasteiger partial charge in [0.2, 0.25) is 0 Å². The topological polar surface area (TPSA) is 109 Å². The average molecular weight is 701 g/mol. The number of piperidine rings is 2. The number of sulfone groups is 2. The van der Waals surface area contributed by atoms with Crippen molar-refractivity contribution in [2.45, 2.75) is 60.1 Å². The fourth-order valence-corrected chi connectivity index (χ4v) is 9.67. The molecule has 2 saturated heterocycles. The largest absolute Gasteiger partial charge is 0.511 e. The zero-order valence-electron chi connectivity index (χ0n) is 24.7. The van der Waals surface area contributed by atoms with Gasteiger partial charge in [-0.3, -0.25) is 0 Å². The van der Waals surface area contributed by atoms with Crippen LogP contribution in [0, 0.1) is 17.6 Å². The summed E-state index contributed by atoms with van der Waals surface area (Å²) in [6.07, 6.45) is 3.09. The van der Waals surface area contributed by atoms with E-state index in [2.05, 4.69) is 4.90 Å². The quantitative estimate of drug-likeness (QED) is 0.312. The fourth-order valence-electron chi connectivity index (χ4n) is 6.14. The maximum Gasteiger partial charge on any atom is 0.511 e. The van der Waals surface area contributed by atoms with E-state index in [1.165, 1.54) is 24.3 Å². The number of likely N-dealkylation sites (tertiary alicyclic amines) is 1. The zero-order chi connectivity index (χ0) is 33.2. The first kappa shape index (κ1) is 35.7. The molecule has 0 aliphatic carbocycles. The Hall–Kier alpha value is -2.14. The van der Waals surface area contributed by atoms with Crippen molar-refractivity contribution < 1.29 is 47.2 Å². The Morgan fingerprint density at radius 3 is 1.87 bits per heavy atom. The Morgan fingerprint density at radius 2 is 1.36 bits per heavy atom. The number of sulfonamides is 1. The summed E-state index contributed by atoms with van der Waals surface area (Å²) in [4.78, 5) is 2.33. The van der Waals surface area contributed by atoms with Crippen LogP contribution < -0.4 is 0 Å². The molecule has 45 heavy (non-hydrogen) atoms. The summed E-state index contributed by atoms with van der Waals surface area (Å²) in [7, 11) is -12.5. The molecule has 1 unspecified atom stereocenters. The summed E-state index contributed by atoms with van der Waals surface area (Å²) in [5.74, 6) is -1.82. The van der Waals surface area contributed by atoms with Crippen molar-refractivity contribution in [2.24, 2.45) is 5.92 Å². The minimum Gasteiger partial charge on any atom is -0.303 e. The van der Waals surface area contributed by atoms with Gasteiger partial charge in [0.1, 0.15) is 11.6 Å². The van der Waals surface area contributed by atoms with E-state index in [0.29, 0.717) is 47.9 Å². The molecule has 0 N–H and O–H groups in total. The lowest BCUT2D eigenvalue weighted by molar-refractivity contribution is -0.0493. The number of nitrogens with zero attached hydrogens (tertiary/aromatic N) is 2. The molecule has 0 bridgehead atoms. The van der Waals surface area contributed by atoms with E-state index in [0.717, 1.165) is 25.2 Å². The monoisotopic (exact) mass is 700 g/mol. The first-order valence-electron chi connectivity index (χ1n) is 14.6. The second-order valence-electron chi connectivity index (χ2n) is 11.9. The minimum atomic E-state index is -5.48. The van der Waals surface area contributed by atoms with Gasteiger partial charge in [-0.15, -0.1) is 0 Å². The zero-order valence-corrected chi connectivity index (χ0v) is 27.2. The standard InChI is InChI=1S/C29H37F5N2O6S3/c1-43(37,38)26-4-2-22(3-5-26)28(23-18-24(30)20-25(31)19-23)10-14-35-12-6-21(7-13-35)11-17-44(39,40)27-8-15-36(16-9-27)45(41,42)29(32,33)34/h2-5,18-21,27-28H,6-17H2,1H3. The Kier molecular flexibility index (Phi) is 11.0. The lowest BCUT2D eigenvalue weighted by atomic mass is 9.87. The van der Waals surface area contributed by atoms with Crippen molar-refractivity contribution in [3.63, 3.8) is 0 Å². The van der Waals surface area contributed by atoms with Crippen LogP contribution in [0.4, 0.5) is 22.0 Å². The van der Waals surface area contributed by atoms with Crippen LogP contribution in [0.5, 0.6) is 0 Å². The first-order chi connectivity index (χ1) is 20.9. The Labute approximate surface area is 261 Å². The molecule has 16 heteroatoms. The second-order valence-corrected chi connectivity index (χ2v) is 18.2. The predicted octanol–water partition coefficient (Wildman–Crippen LogP) is 4.72. The Bertz CT molecular complexity index is 1630. The van der Waals surface area contributed by atoms with Crippen LogP contribution in [0.15, 0.2) is 47.4 Å². The Morgan fingerprint density at radius 1 is 0.800 bits per heavy atom. The SMILES string of the molecule is CS(=O)(=O)c1ccc(C(CCN2CCC(CCS(=O)(=O)C3CCN(S(=O)(=O)C(F)(F)F)CC3)CC2)c2cc(F)cc(F)c2)cc1. The number of hydrogen-bond acceptors (Lipinski definition) is 7. The molecule has 252 valence electrons. The molecule has 2 heterocycles. The van der Waals surface area contributed by atoms with E-state index < -0.39 is 71.1 Å². The average Bonchev–Trinajstić information content (AvgIpc) is 2.96. The van der Waals surface area contributed by atoms with Crippen molar-refractivity contribution in [1.29, 1.82) is 0 Å². The van der Waals surface area contributed by atoms with Gasteiger partial charge in [-0.05, 0) is 99.5 Å². The second kappa shape index (κ2) is 13.9. The van der Waals surface area contributed by atoms with Crippen molar-refractivity contribution in [1.82, 2.24) is 9.21 Å². The molecule has 2 aromatic rings. The van der Waals surface area contributed by atoms with Crippen LogP contribution in [0.25, 0.3) is 0 Å². The maximum atomic E-state index is 14.1. The first-order valence-corrected chi connectivity index (χ1v) is 19.7. The number of rotatable bonds is 11. The molecule has 0 aromatic heterocycles. The van der Waals surface area contributed by atoms with Gasteiger partial charge in [-0.2, -0.15) is 17.5 Å². The van der Waals surface area contributed by atoms with E-state index >= 15 is 0 Å². The number of halogens is 5. The summed E-state index contributed by atoms with van der Waals surface area (Å²) in [6, 6.07) is 9.57. The summed E-state index contributed by atoms with van der Waals surface area (Å²) in [5, 5.41) is -0.881. The molecule has 8 nitrogen and oxygen atoms in total. The van der Waals surface area contributed by atoms with Crippen molar-refractivity contribution in [2.75, 3.05) is 44.7 Å². The molecule has 0 saturated carbocycles. The molecule has 2 fully saturated rings. The lowest BCUT2D eigenvalue weighted by Gasteiger charge is -2.34. The van der Waals surface area contributed by atoms with Crippen molar-refractivity contribution in [3.05, 3.63) is 65.2 Å². The van der Waals surface area contributed by atoms with E-state index in [4.69, 9.17) is 0 Å². The summed E-state index contributed by atoms with van der Waals surface area (Å²) in [5.41, 5.74) is -4.27. The van der Waals surface area contributed by atoms with E-state index in [9.17, 15) is 47.2 Å². The van der Waals surface area contributed by atoms with Gasteiger partial charge in [-0.25, -0.2) is 34.0 Å². The van der Waals surface area contributed by atoms with E-state index in [1.807, 2.05) is 0 Å². The smallest absolute Gasteiger partial charge is 0.303 e. The number of hydrogen-bond donors (Lipinski definition) is 0. The summed E-state index contributed by atoms with van der Waals surface area (Å²) >= 11 is 0. The third-order valence-corrected chi connectivity index (χ3v) is 13.8. The van der Waals surface area contributed by atoms with Crippen molar-refractivity contribution >= 4 is 29.7 Å². The molecule has 0 amide bonds. The predicted molar refractivity (Wildman–Crippen MR) is 160 cm³/mol. The molecule has 2 aliphatic rings. The van der Waals surface area contributed by atoms with Gasteiger partial charge in [-0.1, -0.05) is 12.1 Å². The van der Waals surface area contributed by atoms with Crippen molar-refractivity contribution in [3.8, 4) is 0 Å². The fraction of sp³-hybridized carbons (Fsp3) is 0.586. The molecule has 0 radical (unpaired) electrons. The van der Waals surface area contributed by atoms with Crippen LogP contribution in [0.1, 0.15) is 55.6 Å². The normalized spacial score (nSPS) is 19.5. The van der Waals surface area contributed by atoms with Crippen LogP contribution in [0.3, 0.4) is 0 Å². The number of benzene rings is 2. The van der Waals surface area contributed by atoms with E-state index in [-0.39, 0.29) is 29.4 Å². The van der Waals surface area contributed by atoms with Gasteiger partial charge >= 0.3 is 15.5 Å². The lowest BCUT2D eigenvalue weighted by Crippen LogP contribution is -2.47. The third-order valence-electron chi connectivity index (χ3n) is 8.79. The number of alkyl halides is 3. The van der Waals surface area contributed by atoms with Gasteiger partial charge in [0.05, 0.1) is 15.9 Å². The van der Waals surface area contributed by atoms with Gasteiger partial charge < -0.3 is 4.90 Å². The molecular formula is C29H37F5N2O6S3. The van der Waals surface area contributed by atoms with Crippen LogP contribution >= 0.6 is 0 Å².